The van der Waals surface area contributed by atoms with Gasteiger partial charge in [-0.1, -0.05) is 57.7 Å². The lowest BCUT2D eigenvalue weighted by molar-refractivity contribution is 0.531. The molecular formula is C15H24S. The first kappa shape index (κ1) is 13.6. The summed E-state index contributed by atoms with van der Waals surface area (Å²) in [5, 5.41) is 0. The van der Waals surface area contributed by atoms with E-state index in [2.05, 4.69) is 44.2 Å². The molecule has 1 aromatic rings. The minimum absolute atomic E-state index is 0.849. The second-order valence-electron chi connectivity index (χ2n) is 4.58. The third-order valence-corrected chi connectivity index (χ3v) is 4.17. The number of rotatable bonds is 8. The van der Waals surface area contributed by atoms with E-state index >= 15 is 0 Å². The average molecular weight is 236 g/mol. The van der Waals surface area contributed by atoms with E-state index in [0.717, 1.165) is 5.92 Å². The number of thioether (sulfide) groups is 1. The van der Waals surface area contributed by atoms with Crippen molar-refractivity contribution in [2.45, 2.75) is 50.8 Å². The molecule has 1 unspecified atom stereocenters. The first-order valence-electron chi connectivity index (χ1n) is 6.50. The molecule has 0 bridgehead atoms. The zero-order chi connectivity index (χ0) is 11.6. The molecule has 1 atom stereocenters. The fraction of sp³-hybridized carbons (Fsp3) is 0.600. The highest BCUT2D eigenvalue weighted by Crippen LogP contribution is 2.22. The quantitative estimate of drug-likeness (QED) is 0.431. The van der Waals surface area contributed by atoms with Gasteiger partial charge in [-0.05, 0) is 24.5 Å². The average Bonchev–Trinajstić information content (AvgIpc) is 2.33. The highest BCUT2D eigenvalue weighted by molar-refractivity contribution is 7.99. The van der Waals surface area contributed by atoms with Crippen molar-refractivity contribution in [1.29, 1.82) is 0 Å². The first-order valence-corrected chi connectivity index (χ1v) is 7.49. The minimum atomic E-state index is 0.849. The van der Waals surface area contributed by atoms with E-state index in [1.807, 2.05) is 11.8 Å². The van der Waals surface area contributed by atoms with E-state index in [4.69, 9.17) is 0 Å². The van der Waals surface area contributed by atoms with E-state index in [1.165, 1.54) is 42.8 Å². The van der Waals surface area contributed by atoms with Crippen LogP contribution in [0.4, 0.5) is 0 Å². The van der Waals surface area contributed by atoms with Crippen LogP contribution in [0.15, 0.2) is 35.2 Å². The van der Waals surface area contributed by atoms with Crippen LogP contribution in [-0.4, -0.2) is 5.75 Å². The van der Waals surface area contributed by atoms with Gasteiger partial charge in [0.1, 0.15) is 0 Å². The number of unbranched alkanes of at least 4 members (excludes halogenated alkanes) is 3. The lowest BCUT2D eigenvalue weighted by Gasteiger charge is -2.10. The van der Waals surface area contributed by atoms with E-state index in [-0.39, 0.29) is 0 Å². The molecule has 0 radical (unpaired) electrons. The van der Waals surface area contributed by atoms with Crippen LogP contribution in [0.25, 0.3) is 0 Å². The van der Waals surface area contributed by atoms with Crippen LogP contribution in [0.1, 0.15) is 46.0 Å². The topological polar surface area (TPSA) is 0 Å². The molecule has 1 rings (SSSR count). The Labute approximate surface area is 105 Å². The van der Waals surface area contributed by atoms with Crippen molar-refractivity contribution in [2.24, 2.45) is 5.92 Å². The number of hydrogen-bond acceptors (Lipinski definition) is 1. The molecule has 0 N–H and O–H groups in total. The van der Waals surface area contributed by atoms with Crippen LogP contribution in [0.5, 0.6) is 0 Å². The van der Waals surface area contributed by atoms with Crippen molar-refractivity contribution in [3.8, 4) is 0 Å². The van der Waals surface area contributed by atoms with Gasteiger partial charge in [-0.15, -0.1) is 11.8 Å². The summed E-state index contributed by atoms with van der Waals surface area (Å²) >= 11 is 1.99. The molecule has 0 aromatic heterocycles. The van der Waals surface area contributed by atoms with Gasteiger partial charge in [0.2, 0.25) is 0 Å². The largest absolute Gasteiger partial charge is 0.126 e. The summed E-state index contributed by atoms with van der Waals surface area (Å²) in [5.41, 5.74) is 0. The fourth-order valence-electron chi connectivity index (χ4n) is 1.76. The van der Waals surface area contributed by atoms with Gasteiger partial charge in [0.25, 0.3) is 0 Å². The van der Waals surface area contributed by atoms with Crippen LogP contribution < -0.4 is 0 Å². The summed E-state index contributed by atoms with van der Waals surface area (Å²) in [7, 11) is 0. The first-order chi connectivity index (χ1) is 7.83. The molecule has 0 aliphatic heterocycles. The maximum atomic E-state index is 2.38. The highest BCUT2D eigenvalue weighted by atomic mass is 32.2. The SMILES string of the molecule is CCCCCCC(C)CSc1ccccc1. The molecule has 0 spiro atoms. The maximum absolute atomic E-state index is 2.38. The van der Waals surface area contributed by atoms with Gasteiger partial charge < -0.3 is 0 Å². The molecule has 0 aliphatic rings. The van der Waals surface area contributed by atoms with Crippen molar-refractivity contribution >= 4 is 11.8 Å². The molecule has 0 saturated carbocycles. The molecule has 90 valence electrons. The van der Waals surface area contributed by atoms with Crippen molar-refractivity contribution in [3.05, 3.63) is 30.3 Å². The third-order valence-electron chi connectivity index (χ3n) is 2.83. The zero-order valence-electron chi connectivity index (χ0n) is 10.6. The standard InChI is InChI=1S/C15H24S/c1-3-4-5-7-10-14(2)13-16-15-11-8-6-9-12-15/h6,8-9,11-12,14H,3-5,7,10,13H2,1-2H3. The smallest absolute Gasteiger partial charge is 0.00720 e. The lowest BCUT2D eigenvalue weighted by atomic mass is 10.0. The van der Waals surface area contributed by atoms with Gasteiger partial charge in [0.15, 0.2) is 0 Å². The third kappa shape index (κ3) is 6.22. The Kier molecular flexibility index (Phi) is 7.41. The van der Waals surface area contributed by atoms with Crippen LogP contribution in [0.3, 0.4) is 0 Å². The van der Waals surface area contributed by atoms with Gasteiger partial charge in [0.05, 0.1) is 0 Å². The van der Waals surface area contributed by atoms with Crippen molar-refractivity contribution in [3.63, 3.8) is 0 Å². The van der Waals surface area contributed by atoms with Crippen molar-refractivity contribution in [1.82, 2.24) is 0 Å². The van der Waals surface area contributed by atoms with Gasteiger partial charge >= 0.3 is 0 Å². The van der Waals surface area contributed by atoms with Crippen LogP contribution >= 0.6 is 11.8 Å². The second-order valence-corrected chi connectivity index (χ2v) is 5.67. The summed E-state index contributed by atoms with van der Waals surface area (Å²) in [5.74, 6) is 2.11. The van der Waals surface area contributed by atoms with Crippen LogP contribution in [-0.2, 0) is 0 Å². The molecule has 0 amide bonds. The van der Waals surface area contributed by atoms with Crippen molar-refractivity contribution in [2.75, 3.05) is 5.75 Å². The van der Waals surface area contributed by atoms with E-state index in [9.17, 15) is 0 Å². The molecule has 1 heteroatoms. The highest BCUT2D eigenvalue weighted by Gasteiger charge is 2.02. The minimum Gasteiger partial charge on any atom is -0.126 e. The van der Waals surface area contributed by atoms with Gasteiger partial charge in [-0.2, -0.15) is 0 Å². The van der Waals surface area contributed by atoms with Gasteiger partial charge in [0, 0.05) is 10.6 Å². The predicted molar refractivity (Wildman–Crippen MR) is 75.1 cm³/mol. The molecule has 0 fully saturated rings. The van der Waals surface area contributed by atoms with Crippen molar-refractivity contribution < 1.29 is 0 Å². The van der Waals surface area contributed by atoms with E-state index in [0.29, 0.717) is 0 Å². The monoisotopic (exact) mass is 236 g/mol. The maximum Gasteiger partial charge on any atom is 0.00720 e. The summed E-state index contributed by atoms with van der Waals surface area (Å²) < 4.78 is 0. The summed E-state index contributed by atoms with van der Waals surface area (Å²) in [6, 6.07) is 10.7. The fourth-order valence-corrected chi connectivity index (χ4v) is 2.75. The Morgan fingerprint density at radius 1 is 1.06 bits per heavy atom. The normalized spacial score (nSPS) is 12.6. The Hall–Kier alpha value is -0.430. The molecule has 0 saturated heterocycles. The molecule has 0 heterocycles. The summed E-state index contributed by atoms with van der Waals surface area (Å²) in [4.78, 5) is 1.41. The molecule has 1 aromatic carbocycles. The van der Waals surface area contributed by atoms with Gasteiger partial charge in [-0.3, -0.25) is 0 Å². The Morgan fingerprint density at radius 2 is 1.81 bits per heavy atom. The van der Waals surface area contributed by atoms with Gasteiger partial charge in [-0.25, -0.2) is 0 Å². The number of hydrogen-bond donors (Lipinski definition) is 0. The Bertz CT molecular complexity index is 255. The molecule has 0 aliphatic carbocycles. The van der Waals surface area contributed by atoms with E-state index < -0.39 is 0 Å². The number of benzene rings is 1. The summed E-state index contributed by atoms with van der Waals surface area (Å²) in [6.07, 6.45) is 6.95. The Balaban J connectivity index is 2.08. The molecular weight excluding hydrogens is 212 g/mol. The Morgan fingerprint density at radius 3 is 2.50 bits per heavy atom. The van der Waals surface area contributed by atoms with Crippen LogP contribution in [0, 0.1) is 5.92 Å². The molecule has 16 heavy (non-hydrogen) atoms. The summed E-state index contributed by atoms with van der Waals surface area (Å²) in [6.45, 7) is 4.65. The zero-order valence-corrected chi connectivity index (χ0v) is 11.4. The predicted octanol–water partition coefficient (Wildman–Crippen LogP) is 5.39. The lowest BCUT2D eigenvalue weighted by Crippen LogP contribution is -1.98. The van der Waals surface area contributed by atoms with Crippen LogP contribution in [0.2, 0.25) is 0 Å². The second kappa shape index (κ2) is 8.69. The van der Waals surface area contributed by atoms with E-state index in [1.54, 1.807) is 0 Å². The molecule has 0 nitrogen and oxygen atoms in total.